The highest BCUT2D eigenvalue weighted by atomic mass is 19.1. The normalized spacial score (nSPS) is 12.7. The Morgan fingerprint density at radius 3 is 2.71 bits per heavy atom. The van der Waals surface area contributed by atoms with Crippen LogP contribution in [-0.2, 0) is 6.54 Å². The molecule has 24 heavy (non-hydrogen) atoms. The fourth-order valence-corrected chi connectivity index (χ4v) is 2.63. The maximum absolute atomic E-state index is 13.9. The van der Waals surface area contributed by atoms with Gasteiger partial charge in [-0.25, -0.2) is 9.37 Å². The molecule has 3 N–H and O–H groups in total. The third-order valence-corrected chi connectivity index (χ3v) is 3.97. The van der Waals surface area contributed by atoms with Crippen molar-refractivity contribution in [1.82, 2.24) is 14.6 Å². The number of hydrogen-bond donors (Lipinski definition) is 2. The van der Waals surface area contributed by atoms with E-state index in [1.165, 1.54) is 6.92 Å². The molecule has 0 fully saturated rings. The highest BCUT2D eigenvalue weighted by Crippen LogP contribution is 2.25. The van der Waals surface area contributed by atoms with Gasteiger partial charge in [-0.15, -0.1) is 0 Å². The van der Waals surface area contributed by atoms with Crippen LogP contribution in [0.3, 0.4) is 0 Å². The lowest BCUT2D eigenvalue weighted by atomic mass is 10.1. The van der Waals surface area contributed by atoms with E-state index in [9.17, 15) is 4.39 Å². The summed E-state index contributed by atoms with van der Waals surface area (Å²) >= 11 is 0. The molecule has 0 aliphatic heterocycles. The summed E-state index contributed by atoms with van der Waals surface area (Å²) in [6, 6.07) is 9.37. The molecule has 5 nitrogen and oxygen atoms in total. The highest BCUT2D eigenvalue weighted by molar-refractivity contribution is 5.56. The van der Waals surface area contributed by atoms with Gasteiger partial charge in [0.1, 0.15) is 12.0 Å². The first-order valence-corrected chi connectivity index (χ1v) is 8.06. The van der Waals surface area contributed by atoms with Crippen LogP contribution in [0.15, 0.2) is 36.5 Å². The minimum absolute atomic E-state index is 0.266. The third-order valence-electron chi connectivity index (χ3n) is 3.97. The van der Waals surface area contributed by atoms with Gasteiger partial charge in [0.2, 0.25) is 0 Å². The summed E-state index contributed by atoms with van der Waals surface area (Å²) in [5, 5.41) is 7.73. The van der Waals surface area contributed by atoms with Crippen LogP contribution in [0.1, 0.15) is 49.7 Å². The number of hydrogen-bond acceptors (Lipinski definition) is 4. The molecular weight excluding hydrogens is 305 g/mol. The highest BCUT2D eigenvalue weighted by Gasteiger charge is 2.16. The average molecular weight is 327 g/mol. The van der Waals surface area contributed by atoms with E-state index < -0.39 is 6.17 Å². The van der Waals surface area contributed by atoms with Crippen LogP contribution < -0.4 is 11.1 Å². The standard InChI is InChI=1S/C18H22FN5/c1-11(2)15-10-22-24-17(8-16(12(3)19)23-18(15)24)21-9-13-5-4-6-14(20)7-13/h4-8,10-12,21H,9,20H2,1-3H3. The first-order chi connectivity index (χ1) is 11.5. The Balaban J connectivity index is 1.99. The summed E-state index contributed by atoms with van der Waals surface area (Å²) in [6.07, 6.45) is 0.656. The first-order valence-electron chi connectivity index (χ1n) is 8.06. The van der Waals surface area contributed by atoms with E-state index in [4.69, 9.17) is 5.73 Å². The number of nitrogens with one attached hydrogen (secondary N) is 1. The molecule has 126 valence electrons. The summed E-state index contributed by atoms with van der Waals surface area (Å²) in [5.74, 6) is 0.982. The number of benzene rings is 1. The quantitative estimate of drug-likeness (QED) is 0.693. The predicted molar refractivity (Wildman–Crippen MR) is 94.8 cm³/mol. The van der Waals surface area contributed by atoms with Crippen LogP contribution in [0.5, 0.6) is 0 Å². The van der Waals surface area contributed by atoms with Gasteiger partial charge in [-0.3, -0.25) is 0 Å². The lowest BCUT2D eigenvalue weighted by Crippen LogP contribution is -2.08. The maximum atomic E-state index is 13.9. The second-order valence-electron chi connectivity index (χ2n) is 6.27. The van der Waals surface area contributed by atoms with E-state index in [0.29, 0.717) is 29.4 Å². The Kier molecular flexibility index (Phi) is 4.38. The number of anilines is 2. The van der Waals surface area contributed by atoms with Gasteiger partial charge in [-0.1, -0.05) is 26.0 Å². The average Bonchev–Trinajstić information content (AvgIpc) is 2.96. The molecule has 3 rings (SSSR count). The van der Waals surface area contributed by atoms with Crippen molar-refractivity contribution in [3.05, 3.63) is 53.3 Å². The zero-order chi connectivity index (χ0) is 17.3. The van der Waals surface area contributed by atoms with E-state index in [1.807, 2.05) is 24.3 Å². The SMILES string of the molecule is CC(C)c1cnn2c(NCc3cccc(N)c3)cc(C(C)F)nc12. The van der Waals surface area contributed by atoms with Gasteiger partial charge in [-0.2, -0.15) is 9.61 Å². The molecule has 0 aliphatic carbocycles. The number of fused-ring (bicyclic) bond motifs is 1. The van der Waals surface area contributed by atoms with Crippen LogP contribution in [0.2, 0.25) is 0 Å². The van der Waals surface area contributed by atoms with Crippen molar-refractivity contribution in [1.29, 1.82) is 0 Å². The molecule has 1 atom stereocenters. The van der Waals surface area contributed by atoms with Crippen molar-refractivity contribution in [2.45, 2.75) is 39.4 Å². The molecular formula is C18H22FN5. The Bertz CT molecular complexity index is 854. The molecule has 1 unspecified atom stereocenters. The van der Waals surface area contributed by atoms with Crippen molar-refractivity contribution >= 4 is 17.2 Å². The fraction of sp³-hybridized carbons (Fsp3) is 0.333. The van der Waals surface area contributed by atoms with Crippen LogP contribution >= 0.6 is 0 Å². The number of halogens is 1. The van der Waals surface area contributed by atoms with Gasteiger partial charge in [0.05, 0.1) is 11.9 Å². The van der Waals surface area contributed by atoms with E-state index >= 15 is 0 Å². The van der Waals surface area contributed by atoms with E-state index in [2.05, 4.69) is 29.2 Å². The van der Waals surface area contributed by atoms with E-state index in [1.54, 1.807) is 16.8 Å². The molecule has 1 aromatic carbocycles. The third kappa shape index (κ3) is 3.18. The summed E-state index contributed by atoms with van der Waals surface area (Å²) in [5.41, 5.74) is 9.68. The van der Waals surface area contributed by atoms with E-state index in [-0.39, 0.29) is 5.92 Å². The molecule has 0 saturated heterocycles. The second kappa shape index (κ2) is 6.47. The van der Waals surface area contributed by atoms with Gasteiger partial charge in [0.15, 0.2) is 5.65 Å². The van der Waals surface area contributed by atoms with Gasteiger partial charge in [0, 0.05) is 23.9 Å². The molecule has 0 bridgehead atoms. The Morgan fingerprint density at radius 2 is 2.04 bits per heavy atom. The largest absolute Gasteiger partial charge is 0.399 e. The minimum Gasteiger partial charge on any atom is -0.399 e. The van der Waals surface area contributed by atoms with Crippen molar-refractivity contribution in [3.8, 4) is 0 Å². The lowest BCUT2D eigenvalue weighted by molar-refractivity contribution is 0.366. The van der Waals surface area contributed by atoms with Crippen molar-refractivity contribution in [2.24, 2.45) is 0 Å². The minimum atomic E-state index is -1.14. The number of rotatable bonds is 5. The molecule has 0 spiro atoms. The number of nitrogen functional groups attached to an aromatic ring is 1. The molecule has 0 radical (unpaired) electrons. The number of nitrogens with two attached hydrogens (primary N) is 1. The van der Waals surface area contributed by atoms with Crippen LogP contribution in [0, 0.1) is 0 Å². The fourth-order valence-electron chi connectivity index (χ4n) is 2.63. The van der Waals surface area contributed by atoms with Crippen LogP contribution in [0.25, 0.3) is 5.65 Å². The zero-order valence-electron chi connectivity index (χ0n) is 14.1. The molecule has 2 aromatic heterocycles. The van der Waals surface area contributed by atoms with Gasteiger partial charge in [-0.05, 0) is 30.5 Å². The van der Waals surface area contributed by atoms with Crippen molar-refractivity contribution in [2.75, 3.05) is 11.1 Å². The molecule has 0 aliphatic rings. The maximum Gasteiger partial charge on any atom is 0.161 e. The lowest BCUT2D eigenvalue weighted by Gasteiger charge is -2.12. The summed E-state index contributed by atoms with van der Waals surface area (Å²) in [4.78, 5) is 4.45. The van der Waals surface area contributed by atoms with Crippen LogP contribution in [0.4, 0.5) is 15.9 Å². The molecule has 6 heteroatoms. The second-order valence-corrected chi connectivity index (χ2v) is 6.27. The first kappa shape index (κ1) is 16.2. The van der Waals surface area contributed by atoms with Crippen molar-refractivity contribution < 1.29 is 4.39 Å². The molecule has 0 amide bonds. The predicted octanol–water partition coefficient (Wildman–Crippen LogP) is 4.08. The Morgan fingerprint density at radius 1 is 1.25 bits per heavy atom. The number of nitrogens with zero attached hydrogens (tertiary/aromatic N) is 3. The summed E-state index contributed by atoms with van der Waals surface area (Å²) < 4.78 is 15.6. The molecule has 0 saturated carbocycles. The molecule has 2 heterocycles. The van der Waals surface area contributed by atoms with Gasteiger partial charge in [0.25, 0.3) is 0 Å². The van der Waals surface area contributed by atoms with E-state index in [0.717, 1.165) is 11.1 Å². The van der Waals surface area contributed by atoms with Crippen molar-refractivity contribution in [3.63, 3.8) is 0 Å². The van der Waals surface area contributed by atoms with Crippen LogP contribution in [-0.4, -0.2) is 14.6 Å². The Hall–Kier alpha value is -2.63. The van der Waals surface area contributed by atoms with Gasteiger partial charge >= 0.3 is 0 Å². The number of aromatic nitrogens is 3. The zero-order valence-corrected chi connectivity index (χ0v) is 14.1. The monoisotopic (exact) mass is 327 g/mol. The molecule has 3 aromatic rings. The number of alkyl halides is 1. The summed E-state index contributed by atoms with van der Waals surface area (Å²) in [7, 11) is 0. The topological polar surface area (TPSA) is 68.2 Å². The van der Waals surface area contributed by atoms with Gasteiger partial charge < -0.3 is 11.1 Å². The smallest absolute Gasteiger partial charge is 0.161 e. The summed E-state index contributed by atoms with van der Waals surface area (Å²) in [6.45, 7) is 6.21. The Labute approximate surface area is 140 Å².